The van der Waals surface area contributed by atoms with Gasteiger partial charge in [0.15, 0.2) is 0 Å². The van der Waals surface area contributed by atoms with Crippen LogP contribution in [0.1, 0.15) is 17.5 Å². The largest absolute Gasteiger partial charge is 0.440 e. The van der Waals surface area contributed by atoms with Gasteiger partial charge in [0.1, 0.15) is 12.1 Å². The van der Waals surface area contributed by atoms with Crippen molar-refractivity contribution >= 4 is 11.8 Å². The molecule has 98 valence electrons. The van der Waals surface area contributed by atoms with Crippen molar-refractivity contribution in [1.29, 1.82) is 0 Å². The maximum absolute atomic E-state index is 13.2. The minimum absolute atomic E-state index is 0.00269. The molecule has 0 aliphatic rings. The van der Waals surface area contributed by atoms with Crippen molar-refractivity contribution < 1.29 is 13.9 Å². The Bertz CT molecular complexity index is 587. The quantitative estimate of drug-likeness (QED) is 0.689. The molecule has 19 heavy (non-hydrogen) atoms. The molecule has 0 amide bonds. The van der Waals surface area contributed by atoms with E-state index in [0.29, 0.717) is 23.0 Å². The highest BCUT2D eigenvalue weighted by molar-refractivity contribution is 7.98. The van der Waals surface area contributed by atoms with E-state index in [1.165, 1.54) is 30.2 Å². The van der Waals surface area contributed by atoms with Crippen molar-refractivity contribution in [3.63, 3.8) is 0 Å². The molecule has 0 radical (unpaired) electrons. The smallest absolute Gasteiger partial charge is 0.255 e. The summed E-state index contributed by atoms with van der Waals surface area (Å²) in [5.41, 5.74) is 1.54. The number of hydrogen-bond donors (Lipinski definition) is 1. The van der Waals surface area contributed by atoms with Crippen LogP contribution < -0.4 is 0 Å². The van der Waals surface area contributed by atoms with Crippen LogP contribution in [-0.2, 0) is 5.75 Å². The Kier molecular flexibility index (Phi) is 5.01. The van der Waals surface area contributed by atoms with Crippen molar-refractivity contribution in [1.82, 2.24) is 4.98 Å². The maximum atomic E-state index is 13.2. The maximum Gasteiger partial charge on any atom is 0.255 e. The van der Waals surface area contributed by atoms with Crippen LogP contribution in [0.5, 0.6) is 0 Å². The second-order valence-electron chi connectivity index (χ2n) is 3.66. The summed E-state index contributed by atoms with van der Waals surface area (Å²) in [6.07, 6.45) is 3.47. The van der Waals surface area contributed by atoms with Gasteiger partial charge in [0.2, 0.25) is 0 Å². The van der Waals surface area contributed by atoms with E-state index in [1.54, 1.807) is 12.3 Å². The number of aliphatic hydroxyl groups is 1. The molecule has 1 aromatic heterocycles. The Morgan fingerprint density at radius 3 is 3.05 bits per heavy atom. The van der Waals surface area contributed by atoms with Crippen LogP contribution in [0.2, 0.25) is 0 Å². The molecule has 0 unspecified atom stereocenters. The van der Waals surface area contributed by atoms with Crippen LogP contribution in [0, 0.1) is 17.7 Å². The van der Waals surface area contributed by atoms with Crippen molar-refractivity contribution in [2.45, 2.75) is 17.4 Å². The number of rotatable bonds is 4. The second-order valence-corrected chi connectivity index (χ2v) is 4.59. The van der Waals surface area contributed by atoms with Gasteiger partial charge in [0.05, 0.1) is 12.8 Å². The molecule has 0 spiro atoms. The summed E-state index contributed by atoms with van der Waals surface area (Å²) in [6.45, 7) is 0.00269. The zero-order valence-corrected chi connectivity index (χ0v) is 10.9. The highest BCUT2D eigenvalue weighted by atomic mass is 32.2. The molecule has 1 N–H and O–H groups in total. The fraction of sp³-hybridized carbons (Fsp3) is 0.214. The highest BCUT2D eigenvalue weighted by Gasteiger charge is 2.05. The van der Waals surface area contributed by atoms with E-state index < -0.39 is 0 Å². The molecule has 0 atom stereocenters. The van der Waals surface area contributed by atoms with Crippen LogP contribution in [0.15, 0.2) is 40.3 Å². The van der Waals surface area contributed by atoms with Crippen molar-refractivity contribution in [2.75, 3.05) is 6.61 Å². The Hall–Kier alpha value is -1.77. The average Bonchev–Trinajstić information content (AvgIpc) is 2.91. The molecule has 2 rings (SSSR count). The van der Waals surface area contributed by atoms with E-state index >= 15 is 0 Å². The van der Waals surface area contributed by atoms with Gasteiger partial charge in [-0.25, -0.2) is 9.37 Å². The van der Waals surface area contributed by atoms with E-state index in [-0.39, 0.29) is 12.4 Å². The summed E-state index contributed by atoms with van der Waals surface area (Å²) >= 11 is 1.42. The normalized spacial score (nSPS) is 10.0. The number of halogens is 1. The second kappa shape index (κ2) is 6.98. The van der Waals surface area contributed by atoms with Crippen LogP contribution in [0.25, 0.3) is 0 Å². The molecule has 0 bridgehead atoms. The summed E-state index contributed by atoms with van der Waals surface area (Å²) < 4.78 is 18.3. The average molecular weight is 277 g/mol. The molecule has 3 nitrogen and oxygen atoms in total. The number of hydrogen-bond acceptors (Lipinski definition) is 4. The Labute approximate surface area is 114 Å². The zero-order valence-electron chi connectivity index (χ0n) is 10.1. The topological polar surface area (TPSA) is 46.3 Å². The molecule has 1 aromatic carbocycles. The first-order valence-corrected chi connectivity index (χ1v) is 6.68. The van der Waals surface area contributed by atoms with Gasteiger partial charge in [-0.3, -0.25) is 0 Å². The van der Waals surface area contributed by atoms with Gasteiger partial charge in [-0.05, 0) is 17.7 Å². The first kappa shape index (κ1) is 13.7. The lowest BCUT2D eigenvalue weighted by Crippen LogP contribution is -1.90. The summed E-state index contributed by atoms with van der Waals surface area (Å²) in [5, 5.41) is 9.26. The molecular formula is C14H12FNO2S. The summed E-state index contributed by atoms with van der Waals surface area (Å²) in [5.74, 6) is 5.95. The van der Waals surface area contributed by atoms with Crippen LogP contribution >= 0.6 is 11.8 Å². The fourth-order valence-corrected chi connectivity index (χ4v) is 2.22. The Morgan fingerprint density at radius 1 is 1.42 bits per heavy atom. The van der Waals surface area contributed by atoms with Gasteiger partial charge in [-0.1, -0.05) is 29.7 Å². The van der Waals surface area contributed by atoms with Crippen molar-refractivity contribution in [2.24, 2.45) is 0 Å². The lowest BCUT2D eigenvalue weighted by atomic mass is 10.1. The van der Waals surface area contributed by atoms with E-state index in [4.69, 9.17) is 9.52 Å². The third-order valence-electron chi connectivity index (χ3n) is 2.29. The zero-order chi connectivity index (χ0) is 13.5. The monoisotopic (exact) mass is 277 g/mol. The van der Waals surface area contributed by atoms with E-state index in [0.717, 1.165) is 5.56 Å². The van der Waals surface area contributed by atoms with Gasteiger partial charge in [-0.2, -0.15) is 0 Å². The summed E-state index contributed by atoms with van der Waals surface area (Å²) in [6, 6.07) is 4.51. The van der Waals surface area contributed by atoms with Crippen LogP contribution in [0.4, 0.5) is 4.39 Å². The summed E-state index contributed by atoms with van der Waals surface area (Å²) in [7, 11) is 0. The fourth-order valence-electron chi connectivity index (χ4n) is 1.43. The number of nitrogens with zero attached hydrogens (tertiary/aromatic N) is 1. The predicted molar refractivity (Wildman–Crippen MR) is 71.0 cm³/mol. The van der Waals surface area contributed by atoms with Crippen molar-refractivity contribution in [3.8, 4) is 11.8 Å². The van der Waals surface area contributed by atoms with E-state index in [1.807, 2.05) is 0 Å². The summed E-state index contributed by atoms with van der Waals surface area (Å²) in [4.78, 5) is 4.01. The molecule has 5 heteroatoms. The van der Waals surface area contributed by atoms with E-state index in [9.17, 15) is 4.39 Å². The SMILES string of the molecule is OCCC#Cc1cc(F)ccc1CSc1ncco1. The molecular weight excluding hydrogens is 265 g/mol. The number of aromatic nitrogens is 1. The number of thioether (sulfide) groups is 1. The van der Waals surface area contributed by atoms with Gasteiger partial charge < -0.3 is 9.52 Å². The van der Waals surface area contributed by atoms with Gasteiger partial charge in [0, 0.05) is 17.7 Å². The Morgan fingerprint density at radius 2 is 2.32 bits per heavy atom. The molecule has 2 aromatic rings. The minimum Gasteiger partial charge on any atom is -0.440 e. The van der Waals surface area contributed by atoms with Crippen LogP contribution in [0.3, 0.4) is 0 Å². The van der Waals surface area contributed by atoms with Gasteiger partial charge in [0.25, 0.3) is 5.22 Å². The van der Waals surface area contributed by atoms with Gasteiger partial charge in [-0.15, -0.1) is 0 Å². The standard InChI is InChI=1S/C14H12FNO2S/c15-13-5-4-12(10-19-14-16-6-8-18-14)11(9-13)3-1-2-7-17/h4-6,8-9,17H,2,7,10H2. The van der Waals surface area contributed by atoms with Gasteiger partial charge >= 0.3 is 0 Å². The molecule has 0 saturated carbocycles. The van der Waals surface area contributed by atoms with E-state index in [2.05, 4.69) is 16.8 Å². The number of oxazole rings is 1. The molecule has 0 aliphatic carbocycles. The minimum atomic E-state index is -0.321. The third-order valence-corrected chi connectivity index (χ3v) is 3.20. The highest BCUT2D eigenvalue weighted by Crippen LogP contribution is 2.23. The first-order chi connectivity index (χ1) is 9.29. The number of aliphatic hydroxyl groups excluding tert-OH is 1. The van der Waals surface area contributed by atoms with Crippen LogP contribution in [-0.4, -0.2) is 16.7 Å². The molecule has 1 heterocycles. The number of benzene rings is 1. The first-order valence-electron chi connectivity index (χ1n) is 5.70. The lowest BCUT2D eigenvalue weighted by molar-refractivity contribution is 0.305. The molecule has 0 fully saturated rings. The molecule has 0 saturated heterocycles. The molecule has 0 aliphatic heterocycles. The third kappa shape index (κ3) is 4.12. The Balaban J connectivity index is 2.12. The van der Waals surface area contributed by atoms with Crippen molar-refractivity contribution in [3.05, 3.63) is 47.6 Å². The lowest BCUT2D eigenvalue weighted by Gasteiger charge is -2.03. The predicted octanol–water partition coefficient (Wildman–Crippen LogP) is 2.84.